The van der Waals surface area contributed by atoms with Gasteiger partial charge in [-0.15, -0.1) is 0 Å². The molecule has 50 valence electrons. The lowest BCUT2D eigenvalue weighted by Crippen LogP contribution is -2.12. The third-order valence-corrected chi connectivity index (χ3v) is 3.43. The fourth-order valence-electron chi connectivity index (χ4n) is 0.583. The van der Waals surface area contributed by atoms with Crippen molar-refractivity contribution in [2.45, 2.75) is 6.92 Å². The molecule has 0 aliphatic carbocycles. The lowest BCUT2D eigenvalue weighted by Gasteiger charge is -1.94. The first-order valence-corrected chi connectivity index (χ1v) is 4.15. The maximum atomic E-state index is 4.19. The van der Waals surface area contributed by atoms with Crippen LogP contribution in [0.25, 0.3) is 0 Å². The summed E-state index contributed by atoms with van der Waals surface area (Å²) in [5, 5.41) is 0. The Morgan fingerprint density at radius 3 is 2.11 bits per heavy atom. The molecule has 3 atom stereocenters. The molecule has 0 spiro atoms. The van der Waals surface area contributed by atoms with Crippen molar-refractivity contribution in [1.82, 2.24) is 9.32 Å². The predicted molar refractivity (Wildman–Crippen MR) is 50.8 cm³/mol. The molecule has 3 unspecified atom stereocenters. The molecule has 0 radical (unpaired) electrons. The largest absolute Gasteiger partial charge is 0.313 e. The zero-order chi connectivity index (χ0) is 7.02. The van der Waals surface area contributed by atoms with E-state index in [9.17, 15) is 0 Å². The molecule has 0 amide bonds. The Hall–Kier alpha value is 0.500. The van der Waals surface area contributed by atoms with E-state index in [1.807, 2.05) is 11.3 Å². The minimum absolute atomic E-state index is 0.993. The van der Waals surface area contributed by atoms with Gasteiger partial charge in [-0.2, -0.15) is 0 Å². The first kappa shape index (κ1) is 7.61. The van der Waals surface area contributed by atoms with Crippen LogP contribution in [0.2, 0.25) is 0 Å². The van der Waals surface area contributed by atoms with E-state index in [1.165, 1.54) is 0 Å². The molecule has 0 aromatic carbocycles. The first-order chi connectivity index (χ1) is 4.13. The van der Waals surface area contributed by atoms with Crippen LogP contribution in [0.5, 0.6) is 0 Å². The van der Waals surface area contributed by atoms with Gasteiger partial charge in [0.15, 0.2) is 0 Å². The summed E-state index contributed by atoms with van der Waals surface area (Å²) in [6.07, 6.45) is 0. The monoisotopic (exact) mass is 178 g/mol. The summed E-state index contributed by atoms with van der Waals surface area (Å²) in [6.45, 7) is 1.97. The van der Waals surface area contributed by atoms with Gasteiger partial charge in [0.25, 0.3) is 0 Å². The van der Waals surface area contributed by atoms with Crippen LogP contribution in [0.4, 0.5) is 0 Å². The topological polar surface area (TPSA) is 17.8 Å². The molecule has 0 aliphatic heterocycles. The third-order valence-electron chi connectivity index (χ3n) is 1.15. The van der Waals surface area contributed by atoms with Gasteiger partial charge in [0.2, 0.25) is 0 Å². The Labute approximate surface area is 61.5 Å². The van der Waals surface area contributed by atoms with Gasteiger partial charge in [0.05, 0.1) is 10.9 Å². The van der Waals surface area contributed by atoms with Gasteiger partial charge in [0, 0.05) is 0 Å². The van der Waals surface area contributed by atoms with Crippen molar-refractivity contribution in [3.8, 4) is 0 Å². The van der Waals surface area contributed by atoms with E-state index in [0.29, 0.717) is 0 Å². The van der Waals surface area contributed by atoms with Gasteiger partial charge in [-0.1, -0.05) is 18.5 Å². The van der Waals surface area contributed by atoms with Crippen LogP contribution in [-0.4, -0.2) is 9.32 Å². The zero-order valence-electron chi connectivity index (χ0n) is 5.13. The van der Waals surface area contributed by atoms with Crippen LogP contribution in [0.15, 0.2) is 0 Å². The quantitative estimate of drug-likeness (QED) is 0.504. The second-order valence-electron chi connectivity index (χ2n) is 1.80. The standard InChI is InChI=1S/C4H9N2P3/c1-2-5-3(7)4(8)6(2)9/h7-9H2,1H3. The summed E-state index contributed by atoms with van der Waals surface area (Å²) in [7, 11) is 7.79. The lowest BCUT2D eigenvalue weighted by molar-refractivity contribution is 1.11. The Morgan fingerprint density at radius 2 is 2.00 bits per heavy atom. The van der Waals surface area contributed by atoms with Gasteiger partial charge in [-0.25, -0.2) is 4.98 Å². The summed E-state index contributed by atoms with van der Waals surface area (Å²) in [4.78, 5) is 4.19. The van der Waals surface area contributed by atoms with Crippen LogP contribution < -0.4 is 10.9 Å². The number of hydrogen-bond donors (Lipinski definition) is 0. The molecule has 5 heteroatoms. The Morgan fingerprint density at radius 1 is 1.44 bits per heavy atom. The molecule has 0 bridgehead atoms. The van der Waals surface area contributed by atoms with E-state index in [0.717, 1.165) is 16.7 Å². The van der Waals surface area contributed by atoms with Crippen molar-refractivity contribution in [3.05, 3.63) is 5.82 Å². The minimum Gasteiger partial charge on any atom is -0.313 e. The smallest absolute Gasteiger partial charge is 0.109 e. The summed E-state index contributed by atoms with van der Waals surface area (Å²) >= 11 is 0. The second kappa shape index (κ2) is 2.62. The van der Waals surface area contributed by atoms with Crippen LogP contribution in [0, 0.1) is 6.92 Å². The number of nitrogens with zero attached hydrogens (tertiary/aromatic N) is 2. The van der Waals surface area contributed by atoms with Gasteiger partial charge in [-0.05, 0) is 16.3 Å². The molecule has 0 saturated carbocycles. The fourth-order valence-corrected chi connectivity index (χ4v) is 1.50. The van der Waals surface area contributed by atoms with E-state index in [1.54, 1.807) is 0 Å². The van der Waals surface area contributed by atoms with E-state index < -0.39 is 0 Å². The molecule has 0 saturated heterocycles. The molecule has 1 rings (SSSR count). The maximum absolute atomic E-state index is 4.19. The Kier molecular flexibility index (Phi) is 2.22. The van der Waals surface area contributed by atoms with E-state index in [4.69, 9.17) is 0 Å². The van der Waals surface area contributed by atoms with Gasteiger partial charge in [0.1, 0.15) is 5.82 Å². The Balaban J connectivity index is 3.29. The summed E-state index contributed by atoms with van der Waals surface area (Å²) in [5.41, 5.74) is 2.09. The average Bonchev–Trinajstić information content (AvgIpc) is 1.98. The normalized spacial score (nSPS) is 10.2. The number of hydrogen-bond acceptors (Lipinski definition) is 1. The number of aromatic nitrogens is 2. The second-order valence-corrected chi connectivity index (χ2v) is 3.41. The minimum atomic E-state index is 0.993. The molecular formula is C4H9N2P3. The molecule has 9 heavy (non-hydrogen) atoms. The number of imidazole rings is 1. The van der Waals surface area contributed by atoms with Gasteiger partial charge in [-0.3, -0.25) is 0 Å². The maximum Gasteiger partial charge on any atom is 0.109 e. The highest BCUT2D eigenvalue weighted by molar-refractivity contribution is 7.36. The van der Waals surface area contributed by atoms with Gasteiger partial charge < -0.3 is 4.34 Å². The van der Waals surface area contributed by atoms with E-state index in [-0.39, 0.29) is 0 Å². The molecule has 0 aliphatic rings. The van der Waals surface area contributed by atoms with Crippen molar-refractivity contribution in [2.24, 2.45) is 0 Å². The molecule has 0 fully saturated rings. The molecule has 0 N–H and O–H groups in total. The first-order valence-electron chi connectivity index (χ1n) is 2.48. The molecule has 1 aromatic heterocycles. The summed E-state index contributed by atoms with van der Waals surface area (Å²) < 4.78 is 1.95. The SMILES string of the molecule is Cc1nc(P)c(P)n1P. The predicted octanol–water partition coefficient (Wildman–Crippen LogP) is -0.169. The molecular weight excluding hydrogens is 169 g/mol. The highest BCUT2D eigenvalue weighted by Gasteiger charge is 2.01. The molecule has 1 heterocycles. The van der Waals surface area contributed by atoms with Crippen molar-refractivity contribution >= 4 is 38.7 Å². The van der Waals surface area contributed by atoms with E-state index >= 15 is 0 Å². The van der Waals surface area contributed by atoms with Crippen molar-refractivity contribution < 1.29 is 0 Å². The lowest BCUT2D eigenvalue weighted by atomic mass is 10.8. The summed E-state index contributed by atoms with van der Waals surface area (Å²) in [5.74, 6) is 1.01. The Bertz CT molecular complexity index is 207. The average molecular weight is 178 g/mol. The molecule has 2 nitrogen and oxygen atoms in total. The molecule has 1 aromatic rings. The van der Waals surface area contributed by atoms with Crippen molar-refractivity contribution in [3.63, 3.8) is 0 Å². The zero-order valence-corrected chi connectivity index (χ0v) is 8.59. The van der Waals surface area contributed by atoms with Crippen molar-refractivity contribution in [1.29, 1.82) is 0 Å². The van der Waals surface area contributed by atoms with Crippen LogP contribution in [-0.2, 0) is 0 Å². The highest BCUT2D eigenvalue weighted by Crippen LogP contribution is 2.01. The third kappa shape index (κ3) is 1.32. The summed E-state index contributed by atoms with van der Waals surface area (Å²) in [6, 6.07) is 0. The fraction of sp³-hybridized carbons (Fsp3) is 0.250. The highest BCUT2D eigenvalue weighted by atomic mass is 31.0. The number of aryl methyl sites for hydroxylation is 1. The van der Waals surface area contributed by atoms with Crippen LogP contribution >= 0.6 is 27.9 Å². The van der Waals surface area contributed by atoms with E-state index in [2.05, 4.69) is 32.9 Å². The van der Waals surface area contributed by atoms with Crippen molar-refractivity contribution in [2.75, 3.05) is 0 Å². The van der Waals surface area contributed by atoms with Crippen LogP contribution in [0.3, 0.4) is 0 Å². The van der Waals surface area contributed by atoms with Gasteiger partial charge >= 0.3 is 0 Å². The van der Waals surface area contributed by atoms with Crippen LogP contribution in [0.1, 0.15) is 5.82 Å². The number of rotatable bonds is 0.